The van der Waals surface area contributed by atoms with Crippen LogP contribution in [-0.4, -0.2) is 16.7 Å². The van der Waals surface area contributed by atoms with E-state index in [2.05, 4.69) is 4.98 Å². The van der Waals surface area contributed by atoms with Crippen LogP contribution in [0.1, 0.15) is 11.1 Å². The van der Waals surface area contributed by atoms with Gasteiger partial charge in [-0.1, -0.05) is 29.8 Å². The number of rotatable bonds is 2. The number of aromatic nitrogens is 1. The highest BCUT2D eigenvalue weighted by atomic mass is 35.5. The van der Waals surface area contributed by atoms with Gasteiger partial charge in [0, 0.05) is 12.0 Å². The summed E-state index contributed by atoms with van der Waals surface area (Å²) in [6.45, 7) is 2.11. The summed E-state index contributed by atoms with van der Waals surface area (Å²) in [7, 11) is 0. The van der Waals surface area contributed by atoms with Crippen molar-refractivity contribution in [2.24, 2.45) is 0 Å². The van der Waals surface area contributed by atoms with Gasteiger partial charge < -0.3 is 5.11 Å². The molecule has 0 aliphatic carbocycles. The summed E-state index contributed by atoms with van der Waals surface area (Å²) in [6.07, 6.45) is 0.551. The predicted molar refractivity (Wildman–Crippen MR) is 62.3 cm³/mol. The van der Waals surface area contributed by atoms with Gasteiger partial charge in [0.05, 0.1) is 5.52 Å². The number of fused-ring (bicyclic) bond motifs is 1. The minimum Gasteiger partial charge on any atom is -0.396 e. The number of para-hydroxylation sites is 1. The third-order valence-electron chi connectivity index (χ3n) is 2.45. The van der Waals surface area contributed by atoms with Crippen molar-refractivity contribution in [3.05, 3.63) is 40.5 Å². The lowest BCUT2D eigenvalue weighted by Crippen LogP contribution is -1.95. The van der Waals surface area contributed by atoms with Crippen LogP contribution in [0.25, 0.3) is 10.9 Å². The molecule has 0 radical (unpaired) electrons. The van der Waals surface area contributed by atoms with Crippen molar-refractivity contribution < 1.29 is 5.11 Å². The molecule has 0 aliphatic rings. The average molecular weight is 222 g/mol. The number of nitrogens with zero attached hydrogens (tertiary/aromatic N) is 1. The SMILES string of the molecule is Cc1cccc2cc(CCO)c(Cl)nc12. The van der Waals surface area contributed by atoms with Gasteiger partial charge in [-0.15, -0.1) is 0 Å². The van der Waals surface area contributed by atoms with Gasteiger partial charge in [0.25, 0.3) is 0 Å². The molecular formula is C12H12ClNO. The molecule has 0 saturated carbocycles. The third kappa shape index (κ3) is 1.96. The first-order chi connectivity index (χ1) is 7.22. The topological polar surface area (TPSA) is 33.1 Å². The Kier molecular flexibility index (Phi) is 2.89. The second-order valence-electron chi connectivity index (χ2n) is 3.56. The van der Waals surface area contributed by atoms with Crippen molar-refractivity contribution in [1.29, 1.82) is 0 Å². The van der Waals surface area contributed by atoms with Crippen molar-refractivity contribution in [3.63, 3.8) is 0 Å². The lowest BCUT2D eigenvalue weighted by molar-refractivity contribution is 0.299. The van der Waals surface area contributed by atoms with Crippen LogP contribution in [0.15, 0.2) is 24.3 Å². The molecule has 0 unspecified atom stereocenters. The molecule has 0 fully saturated rings. The molecule has 78 valence electrons. The number of hydrogen-bond acceptors (Lipinski definition) is 2. The number of pyridine rings is 1. The molecule has 3 heteroatoms. The van der Waals surface area contributed by atoms with Gasteiger partial charge in [0.1, 0.15) is 5.15 Å². The molecular weight excluding hydrogens is 210 g/mol. The minimum atomic E-state index is 0.0960. The third-order valence-corrected chi connectivity index (χ3v) is 2.78. The van der Waals surface area contributed by atoms with E-state index in [0.717, 1.165) is 22.0 Å². The molecule has 0 spiro atoms. The number of aliphatic hydroxyl groups is 1. The molecule has 1 aromatic carbocycles. The molecule has 0 atom stereocenters. The predicted octanol–water partition coefficient (Wildman–Crippen LogP) is 2.73. The maximum absolute atomic E-state index is 8.88. The zero-order valence-corrected chi connectivity index (χ0v) is 9.25. The standard InChI is InChI=1S/C12H12ClNO/c1-8-3-2-4-9-7-10(5-6-15)12(13)14-11(8)9/h2-4,7,15H,5-6H2,1H3. The van der Waals surface area contributed by atoms with Crippen molar-refractivity contribution in [2.45, 2.75) is 13.3 Å². The molecule has 0 aliphatic heterocycles. The maximum Gasteiger partial charge on any atom is 0.133 e. The summed E-state index contributed by atoms with van der Waals surface area (Å²) in [6, 6.07) is 8.01. The molecule has 1 aromatic heterocycles. The van der Waals surface area contributed by atoms with Crippen LogP contribution in [0.2, 0.25) is 5.15 Å². The van der Waals surface area contributed by atoms with E-state index in [1.165, 1.54) is 0 Å². The molecule has 2 aromatic rings. The van der Waals surface area contributed by atoms with Gasteiger partial charge in [-0.3, -0.25) is 0 Å². The second-order valence-corrected chi connectivity index (χ2v) is 3.92. The molecule has 15 heavy (non-hydrogen) atoms. The fourth-order valence-electron chi connectivity index (χ4n) is 1.66. The van der Waals surface area contributed by atoms with Gasteiger partial charge in [-0.05, 0) is 30.5 Å². The number of halogens is 1. The van der Waals surface area contributed by atoms with Crippen molar-refractivity contribution >= 4 is 22.5 Å². The molecule has 0 bridgehead atoms. The monoisotopic (exact) mass is 221 g/mol. The molecule has 2 nitrogen and oxygen atoms in total. The van der Waals surface area contributed by atoms with Gasteiger partial charge in [0.15, 0.2) is 0 Å². The lowest BCUT2D eigenvalue weighted by atomic mass is 10.1. The molecule has 1 N–H and O–H groups in total. The van der Waals surface area contributed by atoms with Crippen LogP contribution < -0.4 is 0 Å². The van der Waals surface area contributed by atoms with Gasteiger partial charge in [-0.25, -0.2) is 4.98 Å². The number of aryl methyl sites for hydroxylation is 1. The van der Waals surface area contributed by atoms with Gasteiger partial charge in [-0.2, -0.15) is 0 Å². The van der Waals surface area contributed by atoms with Crippen LogP contribution in [0, 0.1) is 6.92 Å². The maximum atomic E-state index is 8.88. The first kappa shape index (κ1) is 10.4. The largest absolute Gasteiger partial charge is 0.396 e. The highest BCUT2D eigenvalue weighted by Crippen LogP contribution is 2.22. The lowest BCUT2D eigenvalue weighted by Gasteiger charge is -2.06. The summed E-state index contributed by atoms with van der Waals surface area (Å²) >= 11 is 6.03. The highest BCUT2D eigenvalue weighted by molar-refractivity contribution is 6.30. The van der Waals surface area contributed by atoms with Crippen LogP contribution in [0.3, 0.4) is 0 Å². The smallest absolute Gasteiger partial charge is 0.133 e. The Morgan fingerprint density at radius 2 is 2.20 bits per heavy atom. The van der Waals surface area contributed by atoms with E-state index in [1.54, 1.807) is 0 Å². The quantitative estimate of drug-likeness (QED) is 0.792. The highest BCUT2D eigenvalue weighted by Gasteiger charge is 2.05. The van der Waals surface area contributed by atoms with E-state index >= 15 is 0 Å². The number of aliphatic hydroxyl groups excluding tert-OH is 1. The minimum absolute atomic E-state index is 0.0960. The fraction of sp³-hybridized carbons (Fsp3) is 0.250. The normalized spacial score (nSPS) is 10.9. The first-order valence-electron chi connectivity index (χ1n) is 4.88. The fourth-order valence-corrected chi connectivity index (χ4v) is 1.90. The van der Waals surface area contributed by atoms with Gasteiger partial charge >= 0.3 is 0 Å². The summed E-state index contributed by atoms with van der Waals surface area (Å²) in [5.74, 6) is 0. The van der Waals surface area contributed by atoms with Crippen molar-refractivity contribution in [3.8, 4) is 0 Å². The van der Waals surface area contributed by atoms with E-state index < -0.39 is 0 Å². The van der Waals surface area contributed by atoms with Crippen LogP contribution >= 0.6 is 11.6 Å². The van der Waals surface area contributed by atoms with Crippen molar-refractivity contribution in [1.82, 2.24) is 4.98 Å². The van der Waals surface area contributed by atoms with E-state index in [1.807, 2.05) is 31.2 Å². The average Bonchev–Trinajstić information content (AvgIpc) is 2.21. The molecule has 2 rings (SSSR count). The summed E-state index contributed by atoms with van der Waals surface area (Å²) < 4.78 is 0. The number of benzene rings is 1. The Morgan fingerprint density at radius 1 is 1.40 bits per heavy atom. The summed E-state index contributed by atoms with van der Waals surface area (Å²) in [5.41, 5.74) is 2.95. The summed E-state index contributed by atoms with van der Waals surface area (Å²) in [4.78, 5) is 4.35. The van der Waals surface area contributed by atoms with E-state index in [4.69, 9.17) is 16.7 Å². The Labute approximate surface area is 93.5 Å². The molecule has 0 saturated heterocycles. The van der Waals surface area contributed by atoms with E-state index in [-0.39, 0.29) is 6.61 Å². The zero-order valence-electron chi connectivity index (χ0n) is 8.50. The first-order valence-corrected chi connectivity index (χ1v) is 5.26. The molecule has 1 heterocycles. The van der Waals surface area contributed by atoms with E-state index in [0.29, 0.717) is 11.6 Å². The van der Waals surface area contributed by atoms with Crippen molar-refractivity contribution in [2.75, 3.05) is 6.61 Å². The van der Waals surface area contributed by atoms with Crippen LogP contribution in [0.5, 0.6) is 0 Å². The van der Waals surface area contributed by atoms with Crippen LogP contribution in [0.4, 0.5) is 0 Å². The Bertz CT molecular complexity index is 496. The zero-order chi connectivity index (χ0) is 10.8. The van der Waals surface area contributed by atoms with E-state index in [9.17, 15) is 0 Å². The second kappa shape index (κ2) is 4.17. The molecule has 0 amide bonds. The van der Waals surface area contributed by atoms with Crippen LogP contribution in [-0.2, 0) is 6.42 Å². The Balaban J connectivity index is 2.65. The summed E-state index contributed by atoms with van der Waals surface area (Å²) in [5, 5.41) is 10.4. The Morgan fingerprint density at radius 3 is 2.93 bits per heavy atom. The van der Waals surface area contributed by atoms with Gasteiger partial charge in [0.2, 0.25) is 0 Å². The number of hydrogen-bond donors (Lipinski definition) is 1. The Hall–Kier alpha value is -1.12.